The second-order valence-corrected chi connectivity index (χ2v) is 8.27. The van der Waals surface area contributed by atoms with Gasteiger partial charge < -0.3 is 25.0 Å². The molecule has 3 heterocycles. The Morgan fingerprint density at radius 3 is 2.38 bits per heavy atom. The van der Waals surface area contributed by atoms with Crippen LogP contribution in [-0.2, 0) is 19.1 Å². The molecule has 4 atom stereocenters. The van der Waals surface area contributed by atoms with Crippen molar-refractivity contribution in [1.82, 2.24) is 0 Å². The zero-order chi connectivity index (χ0) is 22.5. The first kappa shape index (κ1) is 20.3. The van der Waals surface area contributed by atoms with Crippen LogP contribution in [0.1, 0.15) is 6.92 Å². The fourth-order valence-electron chi connectivity index (χ4n) is 4.84. The molecule has 2 aromatic rings. The van der Waals surface area contributed by atoms with E-state index >= 15 is 0 Å². The molecule has 32 heavy (non-hydrogen) atoms. The van der Waals surface area contributed by atoms with E-state index < -0.39 is 23.5 Å². The van der Waals surface area contributed by atoms with Crippen molar-refractivity contribution in [3.63, 3.8) is 0 Å². The van der Waals surface area contributed by atoms with Crippen molar-refractivity contribution < 1.29 is 23.9 Å². The van der Waals surface area contributed by atoms with Crippen LogP contribution in [0, 0.1) is 11.8 Å². The predicted molar refractivity (Wildman–Crippen MR) is 118 cm³/mol. The number of carbonyl (C=O) groups excluding carboxylic acids is 3. The van der Waals surface area contributed by atoms with Crippen molar-refractivity contribution >= 4 is 34.8 Å². The molecule has 3 aliphatic heterocycles. The minimum atomic E-state index is -0.806. The largest absolute Gasteiger partial charge is 0.497 e. The Morgan fingerprint density at radius 1 is 1.06 bits per heavy atom. The first-order valence-corrected chi connectivity index (χ1v) is 10.4. The lowest BCUT2D eigenvalue weighted by atomic mass is 9.77. The van der Waals surface area contributed by atoms with E-state index in [-0.39, 0.29) is 17.7 Å². The Hall–Kier alpha value is -3.65. The lowest BCUT2D eigenvalue weighted by Crippen LogP contribution is -2.41. The van der Waals surface area contributed by atoms with Gasteiger partial charge in [0.25, 0.3) is 0 Å². The summed E-state index contributed by atoms with van der Waals surface area (Å²) in [7, 11) is 1.58. The normalized spacial score (nSPS) is 27.4. The first-order chi connectivity index (χ1) is 15.4. The van der Waals surface area contributed by atoms with Gasteiger partial charge in [0, 0.05) is 24.0 Å². The predicted octanol–water partition coefficient (Wildman–Crippen LogP) is 2.58. The van der Waals surface area contributed by atoms with Crippen LogP contribution in [0.5, 0.6) is 5.75 Å². The summed E-state index contributed by atoms with van der Waals surface area (Å²) in [4.78, 5) is 39.5. The molecular weight excluding hydrogens is 410 g/mol. The molecule has 2 bridgehead atoms. The van der Waals surface area contributed by atoms with Gasteiger partial charge in [-0.05, 0) is 48.5 Å². The molecule has 1 spiro atoms. The molecule has 0 aliphatic carbocycles. The Bertz CT molecular complexity index is 1110. The molecular formula is C24H23N3O5. The van der Waals surface area contributed by atoms with E-state index in [0.717, 1.165) is 0 Å². The molecule has 8 heteroatoms. The van der Waals surface area contributed by atoms with Gasteiger partial charge in [-0.2, -0.15) is 0 Å². The second kappa shape index (κ2) is 7.49. The number of fused-ring (bicyclic) bond motifs is 1. The number of carbonyl (C=O) groups is 3. The molecule has 2 N–H and O–H groups in total. The van der Waals surface area contributed by atoms with Gasteiger partial charge in [-0.1, -0.05) is 12.2 Å². The standard InChI is InChI=1S/C24H23N3O5/c1-14(28)25-15-3-7-17(8-4-15)27-13-24-12-11-19(32-24)20(21(24)23(27)30)22(29)26-16-5-9-18(31-2)10-6-16/h3-12,19-21H,13H2,1-2H3,(H,25,28)(H,26,29)/t19?,20?,21?,24-/m0/s1. The van der Waals surface area contributed by atoms with E-state index in [1.807, 2.05) is 12.2 Å². The lowest BCUT2D eigenvalue weighted by Gasteiger charge is -2.23. The van der Waals surface area contributed by atoms with E-state index in [2.05, 4.69) is 10.6 Å². The van der Waals surface area contributed by atoms with Crippen LogP contribution in [0.3, 0.4) is 0 Å². The molecule has 164 valence electrons. The number of ether oxygens (including phenoxy) is 2. The van der Waals surface area contributed by atoms with E-state index in [9.17, 15) is 14.4 Å². The molecule has 0 aromatic heterocycles. The van der Waals surface area contributed by atoms with Gasteiger partial charge >= 0.3 is 0 Å². The number of hydrogen-bond donors (Lipinski definition) is 2. The number of methoxy groups -OCH3 is 1. The van der Waals surface area contributed by atoms with Gasteiger partial charge in [-0.25, -0.2) is 0 Å². The lowest BCUT2D eigenvalue weighted by molar-refractivity contribution is -0.128. The van der Waals surface area contributed by atoms with Crippen molar-refractivity contribution in [3.05, 3.63) is 60.7 Å². The number of anilines is 3. The molecule has 3 aliphatic rings. The van der Waals surface area contributed by atoms with E-state index in [1.165, 1.54) is 6.92 Å². The van der Waals surface area contributed by atoms with Crippen LogP contribution < -0.4 is 20.3 Å². The summed E-state index contributed by atoms with van der Waals surface area (Å²) in [6.45, 7) is 1.78. The zero-order valence-corrected chi connectivity index (χ0v) is 17.7. The van der Waals surface area contributed by atoms with Gasteiger partial charge in [0.05, 0.1) is 31.6 Å². The molecule has 0 radical (unpaired) electrons. The molecule has 3 amide bonds. The molecule has 0 saturated carbocycles. The quantitative estimate of drug-likeness (QED) is 0.707. The van der Waals surface area contributed by atoms with Crippen LogP contribution in [0.4, 0.5) is 17.1 Å². The minimum Gasteiger partial charge on any atom is -0.497 e. The van der Waals surface area contributed by atoms with Crippen LogP contribution >= 0.6 is 0 Å². The van der Waals surface area contributed by atoms with Gasteiger partial charge in [-0.3, -0.25) is 14.4 Å². The topological polar surface area (TPSA) is 97.0 Å². The monoisotopic (exact) mass is 433 g/mol. The number of benzene rings is 2. The highest BCUT2D eigenvalue weighted by atomic mass is 16.5. The van der Waals surface area contributed by atoms with Crippen molar-refractivity contribution in [3.8, 4) is 5.75 Å². The molecule has 2 saturated heterocycles. The maximum absolute atomic E-state index is 13.4. The number of nitrogens with one attached hydrogen (secondary N) is 2. The molecule has 8 nitrogen and oxygen atoms in total. The molecule has 2 aromatic carbocycles. The Kier molecular flexibility index (Phi) is 4.74. The maximum Gasteiger partial charge on any atom is 0.234 e. The van der Waals surface area contributed by atoms with Crippen molar-refractivity contribution in [2.24, 2.45) is 11.8 Å². The zero-order valence-electron chi connectivity index (χ0n) is 17.7. The summed E-state index contributed by atoms with van der Waals surface area (Å²) >= 11 is 0. The summed E-state index contributed by atoms with van der Waals surface area (Å²) in [5.41, 5.74) is 1.18. The number of amides is 3. The number of hydrogen-bond acceptors (Lipinski definition) is 5. The Morgan fingerprint density at radius 2 is 1.72 bits per heavy atom. The molecule has 3 unspecified atom stereocenters. The minimum absolute atomic E-state index is 0.140. The summed E-state index contributed by atoms with van der Waals surface area (Å²) in [6, 6.07) is 14.1. The third-order valence-electron chi connectivity index (χ3n) is 6.26. The highest BCUT2D eigenvalue weighted by Crippen LogP contribution is 2.52. The van der Waals surface area contributed by atoms with Crippen LogP contribution in [0.15, 0.2) is 60.7 Å². The van der Waals surface area contributed by atoms with Crippen LogP contribution in [0.25, 0.3) is 0 Å². The summed E-state index contributed by atoms with van der Waals surface area (Å²) in [5, 5.41) is 5.62. The summed E-state index contributed by atoms with van der Waals surface area (Å²) < 4.78 is 11.3. The van der Waals surface area contributed by atoms with Gasteiger partial charge in [0.15, 0.2) is 0 Å². The van der Waals surface area contributed by atoms with Crippen molar-refractivity contribution in [2.45, 2.75) is 18.6 Å². The average Bonchev–Trinajstić information content (AvgIpc) is 3.43. The highest BCUT2D eigenvalue weighted by molar-refractivity contribution is 6.05. The van der Waals surface area contributed by atoms with Crippen LogP contribution in [0.2, 0.25) is 0 Å². The third-order valence-corrected chi connectivity index (χ3v) is 6.26. The van der Waals surface area contributed by atoms with E-state index in [4.69, 9.17) is 9.47 Å². The Labute approximate surface area is 185 Å². The first-order valence-electron chi connectivity index (χ1n) is 10.4. The second-order valence-electron chi connectivity index (χ2n) is 8.27. The number of rotatable bonds is 5. The van der Waals surface area contributed by atoms with Crippen molar-refractivity contribution in [1.29, 1.82) is 0 Å². The van der Waals surface area contributed by atoms with Gasteiger partial charge in [0.2, 0.25) is 17.7 Å². The molecule has 5 rings (SSSR count). The molecule has 2 fully saturated rings. The Balaban J connectivity index is 1.36. The fraction of sp³-hybridized carbons (Fsp3) is 0.292. The van der Waals surface area contributed by atoms with Crippen LogP contribution in [-0.4, -0.2) is 43.1 Å². The smallest absolute Gasteiger partial charge is 0.234 e. The third kappa shape index (κ3) is 3.23. The summed E-state index contributed by atoms with van der Waals surface area (Å²) in [6.07, 6.45) is 3.38. The SMILES string of the molecule is COc1ccc(NC(=O)C2C3C=C[C@@]4(CN(c5ccc(NC(C)=O)cc5)C(=O)C24)O3)cc1. The highest BCUT2D eigenvalue weighted by Gasteiger charge is 2.67. The van der Waals surface area contributed by atoms with Gasteiger partial charge in [0.1, 0.15) is 11.4 Å². The maximum atomic E-state index is 13.4. The van der Waals surface area contributed by atoms with Gasteiger partial charge in [-0.15, -0.1) is 0 Å². The average molecular weight is 433 g/mol. The summed E-state index contributed by atoms with van der Waals surface area (Å²) in [5.74, 6) is -1.06. The van der Waals surface area contributed by atoms with E-state index in [0.29, 0.717) is 29.4 Å². The van der Waals surface area contributed by atoms with Crippen molar-refractivity contribution in [2.75, 3.05) is 29.2 Å². The fourth-order valence-corrected chi connectivity index (χ4v) is 4.84. The van der Waals surface area contributed by atoms with E-state index in [1.54, 1.807) is 60.5 Å². The number of nitrogens with zero attached hydrogens (tertiary/aromatic N) is 1.